The zero-order chi connectivity index (χ0) is 18.5. The van der Waals surface area contributed by atoms with Gasteiger partial charge in [0.25, 0.3) is 0 Å². The Balaban J connectivity index is 1.62. The van der Waals surface area contributed by atoms with Crippen molar-refractivity contribution in [3.63, 3.8) is 0 Å². The molecule has 1 aromatic carbocycles. The molecule has 1 aromatic rings. The summed E-state index contributed by atoms with van der Waals surface area (Å²) in [6.45, 7) is 8.05. The molecule has 1 spiro atoms. The fourth-order valence-corrected chi connectivity index (χ4v) is 7.96. The van der Waals surface area contributed by atoms with Crippen molar-refractivity contribution in [1.29, 1.82) is 0 Å². The van der Waals surface area contributed by atoms with Gasteiger partial charge in [-0.05, 0) is 89.6 Å². The lowest BCUT2D eigenvalue weighted by atomic mass is 9.51. The van der Waals surface area contributed by atoms with Crippen molar-refractivity contribution < 1.29 is 9.22 Å². The van der Waals surface area contributed by atoms with E-state index in [2.05, 4.69) is 69.6 Å². The Bertz CT molecular complexity index is 732. The van der Waals surface area contributed by atoms with Crippen molar-refractivity contribution >= 4 is 22.6 Å². The minimum Gasteiger partial charge on any atom is -0.438 e. The third-order valence-electron chi connectivity index (χ3n) is 8.07. The molecule has 26 heavy (non-hydrogen) atoms. The summed E-state index contributed by atoms with van der Waals surface area (Å²) in [6.07, 6.45) is 7.11. The van der Waals surface area contributed by atoms with Gasteiger partial charge >= 0.3 is 0 Å². The minimum absolute atomic E-state index is 0.0175. The maximum absolute atomic E-state index is 7.17. The summed E-state index contributed by atoms with van der Waals surface area (Å²) < 4.78 is 9.50. The van der Waals surface area contributed by atoms with Crippen LogP contribution in [0.4, 0.5) is 0 Å². The summed E-state index contributed by atoms with van der Waals surface area (Å²) in [6, 6.07) is 4.80. The lowest BCUT2D eigenvalue weighted by molar-refractivity contribution is -0.991. The van der Waals surface area contributed by atoms with E-state index in [-0.39, 0.29) is 11.1 Å². The number of halogens is 1. The number of nitrogens with zero attached hydrogens (tertiary/aromatic N) is 1. The first kappa shape index (κ1) is 17.8. The average Bonchev–Trinajstić information content (AvgIpc) is 2.50. The zero-order valence-electron chi connectivity index (χ0n) is 16.9. The number of quaternary nitrogens is 1. The van der Waals surface area contributed by atoms with Crippen LogP contribution in [0, 0.1) is 27.2 Å². The number of hydrogen-bond donors (Lipinski definition) is 0. The maximum atomic E-state index is 7.17. The van der Waals surface area contributed by atoms with E-state index < -0.39 is 0 Å². The molecule has 142 valence electrons. The van der Waals surface area contributed by atoms with Crippen LogP contribution in [0.1, 0.15) is 64.0 Å². The first-order chi connectivity index (χ1) is 12.1. The average molecular weight is 466 g/mol. The molecule has 4 fully saturated rings. The van der Waals surface area contributed by atoms with E-state index in [0.717, 1.165) is 34.7 Å². The third kappa shape index (κ3) is 2.31. The Morgan fingerprint density at radius 1 is 1.00 bits per heavy atom. The summed E-state index contributed by atoms with van der Waals surface area (Å²) in [5, 5.41) is 0. The van der Waals surface area contributed by atoms with E-state index >= 15 is 0 Å². The standard InChI is InChI=1S/C23H33INO/c1-22(2,3)17-11-16-13-25(4,5)23(26-21(16)20(24)12-17)18-7-14-6-15(9-18)10-19(23)8-14/h11-12,14-15,18-19H,6-10,13H2,1-5H3/q+1. The molecular formula is C23H33INO+. The van der Waals surface area contributed by atoms with Crippen LogP contribution in [0.3, 0.4) is 0 Å². The van der Waals surface area contributed by atoms with Crippen molar-refractivity contribution in [2.24, 2.45) is 23.7 Å². The van der Waals surface area contributed by atoms with Gasteiger partial charge in [-0.3, -0.25) is 4.48 Å². The molecule has 4 saturated carbocycles. The molecule has 2 nitrogen and oxygen atoms in total. The molecule has 1 aliphatic heterocycles. The van der Waals surface area contributed by atoms with E-state index in [1.54, 1.807) is 0 Å². The molecule has 0 radical (unpaired) electrons. The van der Waals surface area contributed by atoms with Crippen molar-refractivity contribution in [2.75, 3.05) is 14.1 Å². The second-order valence-corrected chi connectivity index (χ2v) is 12.4. The smallest absolute Gasteiger partial charge is 0.248 e. The summed E-state index contributed by atoms with van der Waals surface area (Å²) in [7, 11) is 4.89. The normalized spacial score (nSPS) is 39.8. The van der Waals surface area contributed by atoms with Crippen LogP contribution in [0.15, 0.2) is 12.1 Å². The number of ether oxygens (including phenoxy) is 1. The van der Waals surface area contributed by atoms with Crippen LogP contribution in [0.5, 0.6) is 5.75 Å². The lowest BCUT2D eigenvalue weighted by Crippen LogP contribution is -2.75. The van der Waals surface area contributed by atoms with Crippen LogP contribution in [0.25, 0.3) is 0 Å². The van der Waals surface area contributed by atoms with Gasteiger partial charge in [0.15, 0.2) is 0 Å². The molecule has 4 aliphatic carbocycles. The Morgan fingerprint density at radius 2 is 1.58 bits per heavy atom. The van der Waals surface area contributed by atoms with Gasteiger partial charge in [0, 0.05) is 0 Å². The molecule has 0 unspecified atom stereocenters. The minimum atomic E-state index is 0.0175. The van der Waals surface area contributed by atoms with Gasteiger partial charge in [-0.15, -0.1) is 0 Å². The van der Waals surface area contributed by atoms with Crippen LogP contribution < -0.4 is 4.74 Å². The Hall–Kier alpha value is -0.290. The highest BCUT2D eigenvalue weighted by Crippen LogP contribution is 2.63. The van der Waals surface area contributed by atoms with Crippen molar-refractivity contribution in [3.8, 4) is 5.75 Å². The van der Waals surface area contributed by atoms with Crippen LogP contribution in [-0.2, 0) is 12.0 Å². The molecule has 1 heterocycles. The van der Waals surface area contributed by atoms with Crippen molar-refractivity contribution in [2.45, 2.75) is 70.6 Å². The molecule has 6 rings (SSSR count). The van der Waals surface area contributed by atoms with Gasteiger partial charge in [0.05, 0.1) is 35.1 Å². The van der Waals surface area contributed by atoms with Crippen molar-refractivity contribution in [1.82, 2.24) is 0 Å². The van der Waals surface area contributed by atoms with E-state index in [9.17, 15) is 0 Å². The van der Waals surface area contributed by atoms with Crippen molar-refractivity contribution in [3.05, 3.63) is 26.8 Å². The highest BCUT2D eigenvalue weighted by atomic mass is 127. The SMILES string of the molecule is CC(C)(C)c1cc(I)c2c(c1)C[N+](C)(C)C1(O2)C2CC3CC(C2)CC1C3. The molecule has 0 saturated heterocycles. The molecule has 5 aliphatic rings. The van der Waals surface area contributed by atoms with Gasteiger partial charge in [-0.25, -0.2) is 0 Å². The second kappa shape index (κ2) is 5.40. The van der Waals surface area contributed by atoms with Gasteiger partial charge < -0.3 is 4.74 Å². The molecule has 0 N–H and O–H groups in total. The number of rotatable bonds is 0. The molecular weight excluding hydrogens is 433 g/mol. The van der Waals surface area contributed by atoms with E-state index in [1.807, 2.05) is 0 Å². The largest absolute Gasteiger partial charge is 0.438 e. The van der Waals surface area contributed by atoms with Crippen LogP contribution in [-0.4, -0.2) is 24.3 Å². The van der Waals surface area contributed by atoms with E-state index in [1.165, 1.54) is 52.6 Å². The number of fused-ring (bicyclic) bond motifs is 1. The number of hydrogen-bond acceptors (Lipinski definition) is 1. The van der Waals surface area contributed by atoms with E-state index in [0.29, 0.717) is 0 Å². The molecule has 0 aromatic heterocycles. The van der Waals surface area contributed by atoms with E-state index in [4.69, 9.17) is 4.74 Å². The molecule has 0 atom stereocenters. The summed E-state index contributed by atoms with van der Waals surface area (Å²) in [4.78, 5) is 0. The lowest BCUT2D eigenvalue weighted by Gasteiger charge is -2.65. The summed E-state index contributed by atoms with van der Waals surface area (Å²) in [5.74, 6) is 4.68. The third-order valence-corrected chi connectivity index (χ3v) is 8.87. The van der Waals surface area contributed by atoms with Crippen LogP contribution in [0.2, 0.25) is 0 Å². The van der Waals surface area contributed by atoms with Gasteiger partial charge in [0.1, 0.15) is 12.3 Å². The summed E-state index contributed by atoms with van der Waals surface area (Å²) >= 11 is 2.53. The molecule has 4 bridgehead atoms. The monoisotopic (exact) mass is 466 g/mol. The Labute approximate surface area is 172 Å². The Kier molecular flexibility index (Phi) is 3.70. The zero-order valence-corrected chi connectivity index (χ0v) is 19.1. The maximum Gasteiger partial charge on any atom is 0.248 e. The first-order valence-corrected chi connectivity index (χ1v) is 11.5. The predicted octanol–water partition coefficient (Wildman–Crippen LogP) is 5.71. The fraction of sp³-hybridized carbons (Fsp3) is 0.739. The number of benzene rings is 1. The topological polar surface area (TPSA) is 9.23 Å². The summed E-state index contributed by atoms with van der Waals surface area (Å²) in [5.41, 5.74) is 3.06. The first-order valence-electron chi connectivity index (χ1n) is 10.4. The molecule has 0 amide bonds. The van der Waals surface area contributed by atoms with Crippen LogP contribution >= 0.6 is 22.6 Å². The second-order valence-electron chi connectivity index (χ2n) is 11.2. The quantitative estimate of drug-likeness (QED) is 0.352. The fourth-order valence-electron chi connectivity index (χ4n) is 7.17. The van der Waals surface area contributed by atoms with Gasteiger partial charge in [-0.1, -0.05) is 20.8 Å². The predicted molar refractivity (Wildman–Crippen MR) is 114 cm³/mol. The van der Waals surface area contributed by atoms with Gasteiger partial charge in [0.2, 0.25) is 5.72 Å². The molecule has 3 heteroatoms. The highest BCUT2D eigenvalue weighted by molar-refractivity contribution is 14.1. The Morgan fingerprint density at radius 3 is 2.12 bits per heavy atom. The van der Waals surface area contributed by atoms with Gasteiger partial charge in [-0.2, -0.15) is 0 Å². The highest BCUT2D eigenvalue weighted by Gasteiger charge is 2.68.